The van der Waals surface area contributed by atoms with Crippen molar-refractivity contribution in [3.8, 4) is 0 Å². The Kier molecular flexibility index (Phi) is 8.21. The van der Waals surface area contributed by atoms with Gasteiger partial charge in [0.15, 0.2) is 0 Å². The Hall–Kier alpha value is 0.170. The summed E-state index contributed by atoms with van der Waals surface area (Å²) in [4.78, 5) is 2.51. The molecule has 4 heteroatoms. The van der Waals surface area contributed by atoms with Crippen molar-refractivity contribution in [1.29, 1.82) is 0 Å². The van der Waals surface area contributed by atoms with Crippen LogP contribution in [0.5, 0.6) is 0 Å². The average Bonchev–Trinajstić information content (AvgIpc) is 2.33. The molecule has 1 fully saturated rings. The number of likely N-dealkylation sites (tertiary alicyclic amines) is 1. The van der Waals surface area contributed by atoms with Gasteiger partial charge in [-0.2, -0.15) is 0 Å². The van der Waals surface area contributed by atoms with Gasteiger partial charge in [0.25, 0.3) is 0 Å². The van der Waals surface area contributed by atoms with E-state index in [4.69, 9.17) is 21.4 Å². The van der Waals surface area contributed by atoms with Gasteiger partial charge < -0.3 is 14.7 Å². The number of hydrogen-bond acceptors (Lipinski definition) is 3. The maximum atomic E-state index is 8.67. The summed E-state index contributed by atoms with van der Waals surface area (Å²) >= 11 is 5.64. The fourth-order valence-electron chi connectivity index (χ4n) is 2.13. The summed E-state index contributed by atoms with van der Waals surface area (Å²) in [5, 5.41) is 8.67. The standard InChI is InChI=1S/C12H24ClNO2/c13-6-2-1-3-7-14-8-4-12(5-9-14)16-11-10-15/h12,15H,1-11H2. The molecule has 1 N–H and O–H groups in total. The van der Waals surface area contributed by atoms with Crippen molar-refractivity contribution in [2.45, 2.75) is 38.2 Å². The molecular formula is C12H24ClNO2. The molecule has 0 saturated carbocycles. The third-order valence-corrected chi connectivity index (χ3v) is 3.35. The molecule has 0 unspecified atom stereocenters. The zero-order valence-electron chi connectivity index (χ0n) is 10.0. The van der Waals surface area contributed by atoms with E-state index in [0.717, 1.165) is 38.2 Å². The van der Waals surface area contributed by atoms with E-state index in [1.807, 2.05) is 0 Å². The van der Waals surface area contributed by atoms with Crippen molar-refractivity contribution in [2.24, 2.45) is 0 Å². The topological polar surface area (TPSA) is 32.7 Å². The van der Waals surface area contributed by atoms with Gasteiger partial charge in [0, 0.05) is 19.0 Å². The smallest absolute Gasteiger partial charge is 0.0701 e. The molecule has 0 atom stereocenters. The average molecular weight is 250 g/mol. The van der Waals surface area contributed by atoms with Gasteiger partial charge in [-0.05, 0) is 32.2 Å². The molecule has 16 heavy (non-hydrogen) atoms. The Morgan fingerprint density at radius 1 is 1.19 bits per heavy atom. The van der Waals surface area contributed by atoms with Gasteiger partial charge >= 0.3 is 0 Å². The highest BCUT2D eigenvalue weighted by atomic mass is 35.5. The molecule has 1 rings (SSSR count). The Balaban J connectivity index is 1.98. The minimum Gasteiger partial charge on any atom is -0.394 e. The number of hydrogen-bond donors (Lipinski definition) is 1. The highest BCUT2D eigenvalue weighted by molar-refractivity contribution is 6.17. The van der Waals surface area contributed by atoms with Crippen LogP contribution in [-0.2, 0) is 4.74 Å². The molecule has 1 heterocycles. The Morgan fingerprint density at radius 2 is 1.94 bits per heavy atom. The number of piperidine rings is 1. The lowest BCUT2D eigenvalue weighted by atomic mass is 10.1. The van der Waals surface area contributed by atoms with Crippen LogP contribution in [-0.4, -0.2) is 54.8 Å². The van der Waals surface area contributed by atoms with Gasteiger partial charge in [-0.25, -0.2) is 0 Å². The van der Waals surface area contributed by atoms with Crippen LogP contribution < -0.4 is 0 Å². The second-order valence-electron chi connectivity index (χ2n) is 4.39. The number of ether oxygens (including phenoxy) is 1. The zero-order chi connectivity index (χ0) is 11.6. The van der Waals surface area contributed by atoms with Crippen molar-refractivity contribution in [3.05, 3.63) is 0 Å². The zero-order valence-corrected chi connectivity index (χ0v) is 10.8. The van der Waals surface area contributed by atoms with Gasteiger partial charge in [0.1, 0.15) is 0 Å². The van der Waals surface area contributed by atoms with Crippen LogP contribution in [0.25, 0.3) is 0 Å². The van der Waals surface area contributed by atoms with Crippen LogP contribution in [0, 0.1) is 0 Å². The van der Waals surface area contributed by atoms with E-state index in [9.17, 15) is 0 Å². The quantitative estimate of drug-likeness (QED) is 0.527. The fraction of sp³-hybridized carbons (Fsp3) is 1.00. The summed E-state index contributed by atoms with van der Waals surface area (Å²) in [6.07, 6.45) is 6.22. The third-order valence-electron chi connectivity index (χ3n) is 3.09. The van der Waals surface area contributed by atoms with Crippen LogP contribution >= 0.6 is 11.6 Å². The molecule has 0 spiro atoms. The van der Waals surface area contributed by atoms with Crippen LogP contribution in [0.4, 0.5) is 0 Å². The predicted molar refractivity (Wildman–Crippen MR) is 67.1 cm³/mol. The molecule has 0 aromatic heterocycles. The monoisotopic (exact) mass is 249 g/mol. The maximum Gasteiger partial charge on any atom is 0.0701 e. The predicted octanol–water partition coefficient (Wildman–Crippen LogP) is 1.87. The van der Waals surface area contributed by atoms with Crippen molar-refractivity contribution in [2.75, 3.05) is 38.7 Å². The van der Waals surface area contributed by atoms with E-state index in [0.29, 0.717) is 12.7 Å². The van der Waals surface area contributed by atoms with Gasteiger partial charge in [-0.3, -0.25) is 0 Å². The lowest BCUT2D eigenvalue weighted by Gasteiger charge is -2.31. The molecule has 0 aliphatic carbocycles. The summed E-state index contributed by atoms with van der Waals surface area (Å²) in [6, 6.07) is 0. The number of unbranched alkanes of at least 4 members (excludes halogenated alkanes) is 2. The minimum absolute atomic E-state index is 0.138. The van der Waals surface area contributed by atoms with Crippen LogP contribution in [0.2, 0.25) is 0 Å². The Bertz CT molecular complexity index is 161. The number of halogens is 1. The first-order valence-electron chi connectivity index (χ1n) is 6.37. The van der Waals surface area contributed by atoms with Crippen molar-refractivity contribution < 1.29 is 9.84 Å². The highest BCUT2D eigenvalue weighted by Crippen LogP contribution is 2.14. The SMILES string of the molecule is OCCOC1CCN(CCCCCCl)CC1. The number of nitrogens with zero attached hydrogens (tertiary/aromatic N) is 1. The molecular weight excluding hydrogens is 226 g/mol. The number of rotatable bonds is 8. The molecule has 0 radical (unpaired) electrons. The lowest BCUT2D eigenvalue weighted by molar-refractivity contribution is -0.00786. The van der Waals surface area contributed by atoms with Crippen molar-refractivity contribution >= 4 is 11.6 Å². The van der Waals surface area contributed by atoms with Crippen LogP contribution in [0.3, 0.4) is 0 Å². The maximum absolute atomic E-state index is 8.67. The molecule has 1 aliphatic heterocycles. The molecule has 0 bridgehead atoms. The number of alkyl halides is 1. The molecule has 96 valence electrons. The molecule has 3 nitrogen and oxygen atoms in total. The summed E-state index contributed by atoms with van der Waals surface area (Å²) < 4.78 is 5.53. The molecule has 1 saturated heterocycles. The molecule has 0 aromatic rings. The van der Waals surface area contributed by atoms with E-state index in [1.54, 1.807) is 0 Å². The van der Waals surface area contributed by atoms with Crippen molar-refractivity contribution in [3.63, 3.8) is 0 Å². The van der Waals surface area contributed by atoms with E-state index in [1.165, 1.54) is 19.4 Å². The summed E-state index contributed by atoms with van der Waals surface area (Å²) in [5.41, 5.74) is 0. The van der Waals surface area contributed by atoms with Gasteiger partial charge in [0.2, 0.25) is 0 Å². The van der Waals surface area contributed by atoms with E-state index >= 15 is 0 Å². The first kappa shape index (κ1) is 14.2. The number of aliphatic hydroxyl groups excluding tert-OH is 1. The first-order valence-corrected chi connectivity index (χ1v) is 6.91. The van der Waals surface area contributed by atoms with Crippen molar-refractivity contribution in [1.82, 2.24) is 4.90 Å². The second-order valence-corrected chi connectivity index (χ2v) is 4.76. The lowest BCUT2D eigenvalue weighted by Crippen LogP contribution is -2.37. The van der Waals surface area contributed by atoms with Crippen LogP contribution in [0.15, 0.2) is 0 Å². The van der Waals surface area contributed by atoms with E-state index in [2.05, 4.69) is 4.90 Å². The molecule has 0 aromatic carbocycles. The first-order chi connectivity index (χ1) is 7.86. The Labute approximate surface area is 104 Å². The molecule has 0 amide bonds. The van der Waals surface area contributed by atoms with E-state index < -0.39 is 0 Å². The number of aliphatic hydroxyl groups is 1. The van der Waals surface area contributed by atoms with Crippen LogP contribution in [0.1, 0.15) is 32.1 Å². The fourth-order valence-corrected chi connectivity index (χ4v) is 2.31. The molecule has 1 aliphatic rings. The van der Waals surface area contributed by atoms with Gasteiger partial charge in [0.05, 0.1) is 19.3 Å². The highest BCUT2D eigenvalue weighted by Gasteiger charge is 2.18. The summed E-state index contributed by atoms with van der Waals surface area (Å²) in [5.74, 6) is 0.789. The summed E-state index contributed by atoms with van der Waals surface area (Å²) in [7, 11) is 0. The minimum atomic E-state index is 0.138. The van der Waals surface area contributed by atoms with Gasteiger partial charge in [-0.15, -0.1) is 11.6 Å². The normalized spacial score (nSPS) is 19.1. The third kappa shape index (κ3) is 6.04. The van der Waals surface area contributed by atoms with Gasteiger partial charge in [-0.1, -0.05) is 6.42 Å². The largest absolute Gasteiger partial charge is 0.394 e. The second kappa shape index (κ2) is 9.23. The van der Waals surface area contributed by atoms with E-state index in [-0.39, 0.29) is 6.61 Å². The Morgan fingerprint density at radius 3 is 2.56 bits per heavy atom. The summed E-state index contributed by atoms with van der Waals surface area (Å²) in [6.45, 7) is 4.09.